The number of hydrogen-bond donors (Lipinski definition) is 1. The number of nitriles is 1. The molecule has 0 heterocycles. The Hall–Kier alpha value is -1.50. The highest BCUT2D eigenvalue weighted by Gasteiger charge is 2.06. The predicted molar refractivity (Wildman–Crippen MR) is 34.8 cm³/mol. The fraction of sp³-hybridized carbons (Fsp3) is 0.333. The molecule has 0 aromatic carbocycles. The van der Waals surface area contributed by atoms with Crippen LogP contribution < -0.4 is 5.32 Å². The topological polar surface area (TPSA) is 62.1 Å². The van der Waals surface area contributed by atoms with Gasteiger partial charge in [0.15, 0.2) is 5.57 Å². The lowest BCUT2D eigenvalue weighted by atomic mass is 10.3. The van der Waals surface area contributed by atoms with Gasteiger partial charge in [0.05, 0.1) is 7.11 Å². The van der Waals surface area contributed by atoms with Crippen LogP contribution in [0.25, 0.3) is 0 Å². The molecule has 4 nitrogen and oxygen atoms in total. The second-order valence-electron chi connectivity index (χ2n) is 1.45. The lowest BCUT2D eigenvalue weighted by molar-refractivity contribution is -0.135. The van der Waals surface area contributed by atoms with E-state index in [9.17, 15) is 4.79 Å². The lowest BCUT2D eigenvalue weighted by Crippen LogP contribution is -2.06. The van der Waals surface area contributed by atoms with Gasteiger partial charge in [0, 0.05) is 13.2 Å². The second-order valence-corrected chi connectivity index (χ2v) is 1.45. The van der Waals surface area contributed by atoms with Crippen molar-refractivity contribution in [3.8, 4) is 6.07 Å². The Morgan fingerprint density at radius 3 is 2.70 bits per heavy atom. The number of nitrogens with one attached hydrogen (secondary N) is 1. The molecular formula is C6H8N2O2. The van der Waals surface area contributed by atoms with Gasteiger partial charge in [0.1, 0.15) is 6.07 Å². The third-order valence-corrected chi connectivity index (χ3v) is 0.814. The summed E-state index contributed by atoms with van der Waals surface area (Å²) in [4.78, 5) is 10.6. The molecule has 10 heavy (non-hydrogen) atoms. The van der Waals surface area contributed by atoms with Gasteiger partial charge < -0.3 is 10.1 Å². The maximum Gasteiger partial charge on any atom is 0.350 e. The maximum absolute atomic E-state index is 10.6. The van der Waals surface area contributed by atoms with Gasteiger partial charge >= 0.3 is 5.97 Å². The molecule has 0 saturated carbocycles. The van der Waals surface area contributed by atoms with Crippen LogP contribution in [0.1, 0.15) is 0 Å². The molecule has 0 saturated heterocycles. The highest BCUT2D eigenvalue weighted by atomic mass is 16.5. The Labute approximate surface area is 59.1 Å². The molecule has 0 aromatic rings. The van der Waals surface area contributed by atoms with Crippen LogP contribution in [-0.4, -0.2) is 20.1 Å². The third-order valence-electron chi connectivity index (χ3n) is 0.814. The summed E-state index contributed by atoms with van der Waals surface area (Å²) in [6.45, 7) is 0. The molecule has 0 radical (unpaired) electrons. The molecule has 4 heteroatoms. The average Bonchev–Trinajstić information content (AvgIpc) is 1.99. The van der Waals surface area contributed by atoms with Crippen molar-refractivity contribution >= 4 is 5.97 Å². The van der Waals surface area contributed by atoms with Gasteiger partial charge in [-0.1, -0.05) is 0 Å². The number of methoxy groups -OCH3 is 1. The maximum atomic E-state index is 10.6. The van der Waals surface area contributed by atoms with Crippen molar-refractivity contribution in [2.75, 3.05) is 14.2 Å². The molecular weight excluding hydrogens is 132 g/mol. The van der Waals surface area contributed by atoms with Crippen LogP contribution in [-0.2, 0) is 9.53 Å². The van der Waals surface area contributed by atoms with Crippen LogP contribution >= 0.6 is 0 Å². The van der Waals surface area contributed by atoms with Crippen LogP contribution in [0.3, 0.4) is 0 Å². The molecule has 0 bridgehead atoms. The summed E-state index contributed by atoms with van der Waals surface area (Å²) < 4.78 is 4.29. The van der Waals surface area contributed by atoms with Gasteiger partial charge in [-0.3, -0.25) is 0 Å². The number of ether oxygens (including phenoxy) is 1. The third kappa shape index (κ3) is 2.18. The molecule has 0 aliphatic heterocycles. The summed E-state index contributed by atoms with van der Waals surface area (Å²) in [5, 5.41) is 10.8. The van der Waals surface area contributed by atoms with E-state index < -0.39 is 5.97 Å². The van der Waals surface area contributed by atoms with Gasteiger partial charge in [0.2, 0.25) is 0 Å². The number of carbonyl (C=O) groups excluding carboxylic acids is 1. The average molecular weight is 140 g/mol. The highest BCUT2D eigenvalue weighted by Crippen LogP contribution is 1.91. The van der Waals surface area contributed by atoms with Crippen LogP contribution in [0.2, 0.25) is 0 Å². The lowest BCUT2D eigenvalue weighted by Gasteiger charge is -1.93. The summed E-state index contributed by atoms with van der Waals surface area (Å²) >= 11 is 0. The highest BCUT2D eigenvalue weighted by molar-refractivity contribution is 5.92. The summed E-state index contributed by atoms with van der Waals surface area (Å²) in [6, 6.07) is 1.68. The molecule has 0 fully saturated rings. The SMILES string of the molecule is CN/C=C(/C#N)C(=O)OC. The van der Waals surface area contributed by atoms with Crippen molar-refractivity contribution in [1.82, 2.24) is 5.32 Å². The first-order chi connectivity index (χ1) is 4.76. The predicted octanol–water partition coefficient (Wildman–Crippen LogP) is -0.214. The van der Waals surface area contributed by atoms with Crippen molar-refractivity contribution in [3.05, 3.63) is 11.8 Å². The zero-order valence-corrected chi connectivity index (χ0v) is 5.84. The summed E-state index contributed by atoms with van der Waals surface area (Å²) in [7, 11) is 2.82. The minimum atomic E-state index is -0.628. The van der Waals surface area contributed by atoms with Gasteiger partial charge in [-0.25, -0.2) is 4.79 Å². The number of nitrogens with zero attached hydrogens (tertiary/aromatic N) is 1. The molecule has 1 N–H and O–H groups in total. The Bertz CT molecular complexity index is 190. The van der Waals surface area contributed by atoms with Crippen LogP contribution in [0, 0.1) is 11.3 Å². The molecule has 0 aromatic heterocycles. The minimum Gasteiger partial charge on any atom is -0.465 e. The van der Waals surface area contributed by atoms with Crippen molar-refractivity contribution in [2.45, 2.75) is 0 Å². The van der Waals surface area contributed by atoms with Crippen LogP contribution in [0.15, 0.2) is 11.8 Å². The van der Waals surface area contributed by atoms with Crippen molar-refractivity contribution in [1.29, 1.82) is 5.26 Å². The Morgan fingerprint density at radius 1 is 1.80 bits per heavy atom. The van der Waals surface area contributed by atoms with E-state index in [1.807, 2.05) is 0 Å². The number of esters is 1. The largest absolute Gasteiger partial charge is 0.465 e. The fourth-order valence-corrected chi connectivity index (χ4v) is 0.391. The van der Waals surface area contributed by atoms with E-state index in [1.165, 1.54) is 13.3 Å². The Morgan fingerprint density at radius 2 is 2.40 bits per heavy atom. The first kappa shape index (κ1) is 8.50. The molecule has 0 spiro atoms. The van der Waals surface area contributed by atoms with Crippen LogP contribution in [0.4, 0.5) is 0 Å². The second kappa shape index (κ2) is 4.39. The summed E-state index contributed by atoms with van der Waals surface area (Å²) in [6.07, 6.45) is 1.28. The number of hydrogen-bond acceptors (Lipinski definition) is 4. The van der Waals surface area contributed by atoms with E-state index in [0.717, 1.165) is 0 Å². The van der Waals surface area contributed by atoms with Crippen molar-refractivity contribution in [2.24, 2.45) is 0 Å². The molecule has 0 amide bonds. The van der Waals surface area contributed by atoms with Gasteiger partial charge in [0.25, 0.3) is 0 Å². The first-order valence-corrected chi connectivity index (χ1v) is 2.62. The zero-order chi connectivity index (χ0) is 7.98. The molecule has 0 unspecified atom stereocenters. The van der Waals surface area contributed by atoms with E-state index in [-0.39, 0.29) is 5.57 Å². The van der Waals surface area contributed by atoms with Gasteiger partial charge in [-0.2, -0.15) is 5.26 Å². The Kier molecular flexibility index (Phi) is 3.73. The minimum absolute atomic E-state index is 0.0370. The zero-order valence-electron chi connectivity index (χ0n) is 5.84. The molecule has 54 valence electrons. The Balaban J connectivity index is 4.25. The first-order valence-electron chi connectivity index (χ1n) is 2.62. The van der Waals surface area contributed by atoms with Gasteiger partial charge in [-0.15, -0.1) is 0 Å². The van der Waals surface area contributed by atoms with Crippen LogP contribution in [0.5, 0.6) is 0 Å². The van der Waals surface area contributed by atoms with Crippen molar-refractivity contribution < 1.29 is 9.53 Å². The van der Waals surface area contributed by atoms with E-state index in [1.54, 1.807) is 13.1 Å². The van der Waals surface area contributed by atoms with E-state index in [0.29, 0.717) is 0 Å². The standard InChI is InChI=1S/C6H8N2O2/c1-8-4-5(3-7)6(9)10-2/h4,8H,1-2H3/b5-4-. The number of carbonyl (C=O) groups is 1. The van der Waals surface area contributed by atoms with E-state index >= 15 is 0 Å². The number of rotatable bonds is 2. The monoisotopic (exact) mass is 140 g/mol. The smallest absolute Gasteiger partial charge is 0.350 e. The quantitative estimate of drug-likeness (QED) is 0.327. The van der Waals surface area contributed by atoms with E-state index in [4.69, 9.17) is 5.26 Å². The normalized spacial score (nSPS) is 9.90. The molecule has 0 rings (SSSR count). The fourth-order valence-electron chi connectivity index (χ4n) is 0.391. The van der Waals surface area contributed by atoms with Crippen molar-refractivity contribution in [3.63, 3.8) is 0 Å². The molecule has 0 aliphatic rings. The summed E-state index contributed by atoms with van der Waals surface area (Å²) in [5.74, 6) is -0.628. The van der Waals surface area contributed by atoms with E-state index in [2.05, 4.69) is 10.1 Å². The van der Waals surface area contributed by atoms with Gasteiger partial charge in [-0.05, 0) is 0 Å². The molecule has 0 aliphatic carbocycles. The molecule has 0 atom stereocenters. The summed E-state index contributed by atoms with van der Waals surface area (Å²) in [5.41, 5.74) is -0.0370.